The predicted octanol–water partition coefficient (Wildman–Crippen LogP) is 4.78. The maximum Gasteiger partial charge on any atom is 0.163 e. The molecule has 0 atom stereocenters. The van der Waals surface area contributed by atoms with E-state index in [1.165, 1.54) is 25.7 Å². The highest BCUT2D eigenvalue weighted by molar-refractivity contribution is 5.96. The number of benzene rings is 1. The molecule has 1 aromatic carbocycles. The van der Waals surface area contributed by atoms with Gasteiger partial charge in [-0.25, -0.2) is 0 Å². The molecule has 2 rings (SSSR count). The Kier molecular flexibility index (Phi) is 6.58. The third-order valence-electron chi connectivity index (χ3n) is 3.83. The van der Waals surface area contributed by atoms with Gasteiger partial charge in [-0.15, -0.1) is 0 Å². The molecule has 3 heteroatoms. The standard InChI is InChI=1S/C18H26O3/c1-2-3-4-5-6-7-9-16(19)15-10-11-17-18(14-15)21-13-8-12-20-17/h10-11,14H,2-9,12-13H2,1H3. The summed E-state index contributed by atoms with van der Waals surface area (Å²) >= 11 is 0. The normalized spacial score (nSPS) is 13.8. The first-order valence-corrected chi connectivity index (χ1v) is 8.24. The zero-order chi connectivity index (χ0) is 14.9. The Hall–Kier alpha value is -1.51. The van der Waals surface area contributed by atoms with E-state index in [-0.39, 0.29) is 5.78 Å². The van der Waals surface area contributed by atoms with Gasteiger partial charge in [0.05, 0.1) is 13.2 Å². The highest BCUT2D eigenvalue weighted by Gasteiger charge is 2.13. The van der Waals surface area contributed by atoms with Crippen LogP contribution in [0, 0.1) is 0 Å². The highest BCUT2D eigenvalue weighted by atomic mass is 16.5. The SMILES string of the molecule is CCCCCCCCC(=O)c1ccc2c(c1)OCCCO2. The topological polar surface area (TPSA) is 35.5 Å². The summed E-state index contributed by atoms with van der Waals surface area (Å²) in [5, 5.41) is 0. The molecule has 3 nitrogen and oxygen atoms in total. The summed E-state index contributed by atoms with van der Waals surface area (Å²) in [6, 6.07) is 5.54. The van der Waals surface area contributed by atoms with Gasteiger partial charge in [0.2, 0.25) is 0 Å². The molecule has 1 aliphatic heterocycles. The number of fused-ring (bicyclic) bond motifs is 1. The number of rotatable bonds is 8. The molecule has 0 radical (unpaired) electrons. The molecule has 0 fully saturated rings. The molecule has 0 aromatic heterocycles. The van der Waals surface area contributed by atoms with Gasteiger partial charge in [-0.05, 0) is 24.6 Å². The van der Waals surface area contributed by atoms with Crippen molar-refractivity contribution in [1.29, 1.82) is 0 Å². The third kappa shape index (κ3) is 5.07. The second-order valence-corrected chi connectivity index (χ2v) is 5.65. The van der Waals surface area contributed by atoms with Gasteiger partial charge in [-0.2, -0.15) is 0 Å². The van der Waals surface area contributed by atoms with Crippen LogP contribution in [0.2, 0.25) is 0 Å². The van der Waals surface area contributed by atoms with Gasteiger partial charge in [0.15, 0.2) is 17.3 Å². The number of unbranched alkanes of at least 4 members (excludes halogenated alkanes) is 5. The predicted molar refractivity (Wildman–Crippen MR) is 84.4 cm³/mol. The van der Waals surface area contributed by atoms with Crippen LogP contribution in [-0.4, -0.2) is 19.0 Å². The van der Waals surface area contributed by atoms with Crippen molar-refractivity contribution in [2.24, 2.45) is 0 Å². The van der Waals surface area contributed by atoms with Crippen molar-refractivity contribution in [3.8, 4) is 11.5 Å². The van der Waals surface area contributed by atoms with Crippen LogP contribution in [-0.2, 0) is 0 Å². The van der Waals surface area contributed by atoms with E-state index in [4.69, 9.17) is 9.47 Å². The Morgan fingerprint density at radius 3 is 2.52 bits per heavy atom. The zero-order valence-electron chi connectivity index (χ0n) is 13.0. The summed E-state index contributed by atoms with van der Waals surface area (Å²) < 4.78 is 11.2. The lowest BCUT2D eigenvalue weighted by molar-refractivity contribution is 0.0978. The summed E-state index contributed by atoms with van der Waals surface area (Å²) in [6.45, 7) is 3.55. The van der Waals surface area contributed by atoms with Crippen LogP contribution in [0.3, 0.4) is 0 Å². The lowest BCUT2D eigenvalue weighted by Gasteiger charge is -2.09. The maximum absolute atomic E-state index is 12.2. The summed E-state index contributed by atoms with van der Waals surface area (Å²) in [5.74, 6) is 1.67. The van der Waals surface area contributed by atoms with Crippen molar-refractivity contribution in [3.63, 3.8) is 0 Å². The Bertz CT molecular complexity index is 454. The third-order valence-corrected chi connectivity index (χ3v) is 3.83. The molecular formula is C18H26O3. The minimum atomic E-state index is 0.209. The van der Waals surface area contributed by atoms with E-state index < -0.39 is 0 Å². The number of carbonyl (C=O) groups is 1. The molecule has 1 heterocycles. The van der Waals surface area contributed by atoms with Crippen LogP contribution in [0.5, 0.6) is 11.5 Å². The van der Waals surface area contributed by atoms with Crippen molar-refractivity contribution < 1.29 is 14.3 Å². The lowest BCUT2D eigenvalue weighted by Crippen LogP contribution is -2.00. The van der Waals surface area contributed by atoms with E-state index >= 15 is 0 Å². The van der Waals surface area contributed by atoms with Gasteiger partial charge in [0.1, 0.15) is 0 Å². The van der Waals surface area contributed by atoms with E-state index in [0.29, 0.717) is 25.4 Å². The largest absolute Gasteiger partial charge is 0.490 e. The average molecular weight is 290 g/mol. The maximum atomic E-state index is 12.2. The molecule has 1 aliphatic rings. The summed E-state index contributed by atoms with van der Waals surface area (Å²) in [6.07, 6.45) is 8.73. The van der Waals surface area contributed by atoms with E-state index in [2.05, 4.69) is 6.92 Å². The molecule has 0 aliphatic carbocycles. The van der Waals surface area contributed by atoms with Gasteiger partial charge in [-0.1, -0.05) is 39.0 Å². The molecule has 0 spiro atoms. The van der Waals surface area contributed by atoms with Gasteiger partial charge < -0.3 is 9.47 Å². The minimum absolute atomic E-state index is 0.209. The van der Waals surface area contributed by atoms with E-state index in [1.807, 2.05) is 18.2 Å². The monoisotopic (exact) mass is 290 g/mol. The molecule has 21 heavy (non-hydrogen) atoms. The Labute approximate surface area is 127 Å². The Morgan fingerprint density at radius 2 is 1.71 bits per heavy atom. The first-order valence-electron chi connectivity index (χ1n) is 8.24. The molecule has 0 N–H and O–H groups in total. The number of Topliss-reactive ketones (excluding diaryl/α,β-unsaturated/α-hetero) is 1. The Balaban J connectivity index is 1.81. The van der Waals surface area contributed by atoms with Gasteiger partial charge in [0, 0.05) is 18.4 Å². The number of hydrogen-bond donors (Lipinski definition) is 0. The molecule has 116 valence electrons. The lowest BCUT2D eigenvalue weighted by atomic mass is 10.0. The molecule has 0 unspecified atom stereocenters. The van der Waals surface area contributed by atoms with E-state index in [1.54, 1.807) is 0 Å². The van der Waals surface area contributed by atoms with Crippen molar-refractivity contribution in [2.45, 2.75) is 58.3 Å². The molecule has 0 amide bonds. The van der Waals surface area contributed by atoms with Crippen LogP contribution >= 0.6 is 0 Å². The van der Waals surface area contributed by atoms with Crippen LogP contribution in [0.4, 0.5) is 0 Å². The highest BCUT2D eigenvalue weighted by Crippen LogP contribution is 2.30. The van der Waals surface area contributed by atoms with Crippen LogP contribution in [0.25, 0.3) is 0 Å². The van der Waals surface area contributed by atoms with Crippen LogP contribution in [0.15, 0.2) is 18.2 Å². The minimum Gasteiger partial charge on any atom is -0.490 e. The number of ketones is 1. The molecule has 0 saturated heterocycles. The number of ether oxygens (including phenoxy) is 2. The van der Waals surface area contributed by atoms with Crippen molar-refractivity contribution in [1.82, 2.24) is 0 Å². The second-order valence-electron chi connectivity index (χ2n) is 5.65. The van der Waals surface area contributed by atoms with Crippen LogP contribution < -0.4 is 9.47 Å². The van der Waals surface area contributed by atoms with E-state index in [0.717, 1.165) is 30.6 Å². The van der Waals surface area contributed by atoms with Gasteiger partial charge in [-0.3, -0.25) is 4.79 Å². The molecular weight excluding hydrogens is 264 g/mol. The van der Waals surface area contributed by atoms with Crippen molar-refractivity contribution >= 4 is 5.78 Å². The van der Waals surface area contributed by atoms with Crippen molar-refractivity contribution in [3.05, 3.63) is 23.8 Å². The molecule has 1 aromatic rings. The first-order chi connectivity index (χ1) is 10.3. The average Bonchev–Trinajstić information content (AvgIpc) is 2.75. The van der Waals surface area contributed by atoms with Crippen molar-refractivity contribution in [2.75, 3.05) is 13.2 Å². The molecule has 0 bridgehead atoms. The zero-order valence-corrected chi connectivity index (χ0v) is 13.0. The fraction of sp³-hybridized carbons (Fsp3) is 0.611. The molecule has 0 saturated carbocycles. The fourth-order valence-electron chi connectivity index (χ4n) is 2.55. The van der Waals surface area contributed by atoms with E-state index in [9.17, 15) is 4.79 Å². The van der Waals surface area contributed by atoms with Crippen LogP contribution in [0.1, 0.15) is 68.6 Å². The summed E-state index contributed by atoms with van der Waals surface area (Å²) in [5.41, 5.74) is 0.743. The Morgan fingerprint density at radius 1 is 1.00 bits per heavy atom. The van der Waals surface area contributed by atoms with Gasteiger partial charge in [0.25, 0.3) is 0 Å². The number of carbonyl (C=O) groups excluding carboxylic acids is 1. The fourth-order valence-corrected chi connectivity index (χ4v) is 2.55. The van der Waals surface area contributed by atoms with Gasteiger partial charge >= 0.3 is 0 Å². The number of hydrogen-bond acceptors (Lipinski definition) is 3. The summed E-state index contributed by atoms with van der Waals surface area (Å²) in [7, 11) is 0. The summed E-state index contributed by atoms with van der Waals surface area (Å²) in [4.78, 5) is 12.2. The quantitative estimate of drug-likeness (QED) is 0.510. The first kappa shape index (κ1) is 15.9. The smallest absolute Gasteiger partial charge is 0.163 e. The second kappa shape index (κ2) is 8.71.